The first-order valence-corrected chi connectivity index (χ1v) is 9.04. The molecule has 0 unspecified atom stereocenters. The molecule has 0 atom stereocenters. The number of anilines is 4. The number of fused-ring (bicyclic) bond motifs is 1. The fourth-order valence-corrected chi connectivity index (χ4v) is 3.13. The highest BCUT2D eigenvalue weighted by molar-refractivity contribution is 5.91. The van der Waals surface area contributed by atoms with Crippen LogP contribution in [0.5, 0.6) is 0 Å². The van der Waals surface area contributed by atoms with Crippen LogP contribution in [0.15, 0.2) is 66.9 Å². The minimum Gasteiger partial charge on any atom is -0.340 e. The molecule has 4 aromatic rings. The van der Waals surface area contributed by atoms with Gasteiger partial charge in [0.25, 0.3) is 0 Å². The van der Waals surface area contributed by atoms with E-state index in [9.17, 15) is 0 Å². The summed E-state index contributed by atoms with van der Waals surface area (Å²) in [6.45, 7) is 4.04. The van der Waals surface area contributed by atoms with Gasteiger partial charge in [-0.15, -0.1) is 0 Å². The average Bonchev–Trinajstić information content (AvgIpc) is 2.68. The van der Waals surface area contributed by atoms with Gasteiger partial charge in [0.05, 0.1) is 11.2 Å². The quantitative estimate of drug-likeness (QED) is 0.503. The van der Waals surface area contributed by atoms with Crippen LogP contribution in [0.1, 0.15) is 18.3 Å². The molecule has 2 aromatic heterocycles. The number of hydrogen-bond donors (Lipinski definition) is 2. The van der Waals surface area contributed by atoms with Crippen molar-refractivity contribution in [2.24, 2.45) is 0 Å². The normalized spacial score (nSPS) is 10.7. The molecule has 0 aliphatic rings. The van der Waals surface area contributed by atoms with Crippen molar-refractivity contribution >= 4 is 33.9 Å². The third-order valence-corrected chi connectivity index (χ3v) is 4.39. The third kappa shape index (κ3) is 3.72. The first-order chi connectivity index (χ1) is 13.2. The van der Waals surface area contributed by atoms with Crippen molar-refractivity contribution in [3.8, 4) is 0 Å². The zero-order chi connectivity index (χ0) is 18.6. The number of pyridine rings is 1. The van der Waals surface area contributed by atoms with Crippen LogP contribution in [0.4, 0.5) is 23.0 Å². The Hall–Kier alpha value is -3.47. The standard InChI is InChI=1S/C22H21N5/c1-3-16-8-4-5-11-18(16)26-20-14-21(25-15(2)24-20)27-19-12-6-9-17-10-7-13-23-22(17)19/h4-14H,3H2,1-2H3,(H2,24,25,26,27). The molecule has 0 spiro atoms. The predicted octanol–water partition coefficient (Wildman–Crippen LogP) is 5.38. The maximum Gasteiger partial charge on any atom is 0.136 e. The highest BCUT2D eigenvalue weighted by Crippen LogP contribution is 2.26. The van der Waals surface area contributed by atoms with Gasteiger partial charge in [-0.25, -0.2) is 9.97 Å². The average molecular weight is 355 g/mol. The number of benzene rings is 2. The summed E-state index contributed by atoms with van der Waals surface area (Å²) in [5, 5.41) is 7.90. The van der Waals surface area contributed by atoms with Crippen LogP contribution in [-0.4, -0.2) is 15.0 Å². The summed E-state index contributed by atoms with van der Waals surface area (Å²) in [5.74, 6) is 2.20. The summed E-state index contributed by atoms with van der Waals surface area (Å²) < 4.78 is 0. The van der Waals surface area contributed by atoms with Gasteiger partial charge in [0.15, 0.2) is 0 Å². The van der Waals surface area contributed by atoms with Gasteiger partial charge in [-0.3, -0.25) is 4.98 Å². The molecular weight excluding hydrogens is 334 g/mol. The van der Waals surface area contributed by atoms with Gasteiger partial charge in [0.2, 0.25) is 0 Å². The zero-order valence-electron chi connectivity index (χ0n) is 15.4. The molecule has 2 heterocycles. The monoisotopic (exact) mass is 355 g/mol. The molecule has 5 nitrogen and oxygen atoms in total. The molecule has 0 amide bonds. The topological polar surface area (TPSA) is 62.7 Å². The second-order valence-corrected chi connectivity index (χ2v) is 6.33. The smallest absolute Gasteiger partial charge is 0.136 e. The van der Waals surface area contributed by atoms with Crippen LogP contribution in [-0.2, 0) is 6.42 Å². The van der Waals surface area contributed by atoms with Crippen LogP contribution in [0.2, 0.25) is 0 Å². The molecular formula is C22H21N5. The second-order valence-electron chi connectivity index (χ2n) is 6.33. The Labute approximate surface area is 158 Å². The molecule has 0 aliphatic heterocycles. The second kappa shape index (κ2) is 7.41. The maximum absolute atomic E-state index is 4.53. The number of rotatable bonds is 5. The molecule has 134 valence electrons. The van der Waals surface area contributed by atoms with Crippen molar-refractivity contribution in [3.05, 3.63) is 78.2 Å². The molecule has 4 rings (SSSR count). The summed E-state index contributed by atoms with van der Waals surface area (Å²) in [7, 11) is 0. The van der Waals surface area contributed by atoms with Crippen molar-refractivity contribution in [1.29, 1.82) is 0 Å². The maximum atomic E-state index is 4.53. The summed E-state index contributed by atoms with van der Waals surface area (Å²) in [6.07, 6.45) is 2.76. The minimum atomic E-state index is 0.699. The Morgan fingerprint density at radius 1 is 0.815 bits per heavy atom. The van der Waals surface area contributed by atoms with Gasteiger partial charge in [0.1, 0.15) is 17.5 Å². The van der Waals surface area contributed by atoms with Gasteiger partial charge in [-0.2, -0.15) is 0 Å². The van der Waals surface area contributed by atoms with Gasteiger partial charge < -0.3 is 10.6 Å². The van der Waals surface area contributed by atoms with Gasteiger partial charge in [-0.05, 0) is 37.1 Å². The number of nitrogens with zero attached hydrogens (tertiary/aromatic N) is 3. The summed E-state index contributed by atoms with van der Waals surface area (Å²) >= 11 is 0. The van der Waals surface area contributed by atoms with E-state index in [0.717, 1.165) is 40.3 Å². The molecule has 0 fully saturated rings. The lowest BCUT2D eigenvalue weighted by atomic mass is 10.1. The van der Waals surface area contributed by atoms with Gasteiger partial charge >= 0.3 is 0 Å². The SMILES string of the molecule is CCc1ccccc1Nc1cc(Nc2cccc3cccnc23)nc(C)n1. The van der Waals surface area contributed by atoms with Crippen LogP contribution in [0, 0.1) is 6.92 Å². The first-order valence-electron chi connectivity index (χ1n) is 9.04. The Morgan fingerprint density at radius 2 is 1.52 bits per heavy atom. The lowest BCUT2D eigenvalue weighted by Crippen LogP contribution is -2.03. The van der Waals surface area contributed by atoms with Crippen molar-refractivity contribution in [2.45, 2.75) is 20.3 Å². The zero-order valence-corrected chi connectivity index (χ0v) is 15.4. The Morgan fingerprint density at radius 3 is 2.33 bits per heavy atom. The van der Waals surface area contributed by atoms with Crippen LogP contribution in [0.25, 0.3) is 10.9 Å². The van der Waals surface area contributed by atoms with E-state index in [1.54, 1.807) is 6.20 Å². The number of aryl methyl sites for hydroxylation is 2. The van der Waals surface area contributed by atoms with Gasteiger partial charge in [-0.1, -0.05) is 43.3 Å². The van der Waals surface area contributed by atoms with Crippen molar-refractivity contribution in [1.82, 2.24) is 15.0 Å². The van der Waals surface area contributed by atoms with E-state index in [1.807, 2.05) is 49.4 Å². The molecule has 0 saturated heterocycles. The summed E-state index contributed by atoms with van der Waals surface area (Å²) in [4.78, 5) is 13.6. The highest BCUT2D eigenvalue weighted by atomic mass is 15.1. The molecule has 5 heteroatoms. The van der Waals surface area contributed by atoms with E-state index in [0.29, 0.717) is 5.82 Å². The van der Waals surface area contributed by atoms with E-state index in [4.69, 9.17) is 0 Å². The van der Waals surface area contributed by atoms with E-state index in [2.05, 4.69) is 50.7 Å². The van der Waals surface area contributed by atoms with E-state index >= 15 is 0 Å². The molecule has 0 radical (unpaired) electrons. The lowest BCUT2D eigenvalue weighted by Gasteiger charge is -2.13. The third-order valence-electron chi connectivity index (χ3n) is 4.39. The highest BCUT2D eigenvalue weighted by Gasteiger charge is 2.07. The number of para-hydroxylation sites is 2. The van der Waals surface area contributed by atoms with Crippen molar-refractivity contribution < 1.29 is 0 Å². The van der Waals surface area contributed by atoms with Crippen molar-refractivity contribution in [2.75, 3.05) is 10.6 Å². The fourth-order valence-electron chi connectivity index (χ4n) is 3.13. The molecule has 27 heavy (non-hydrogen) atoms. The molecule has 0 aliphatic carbocycles. The van der Waals surface area contributed by atoms with Crippen LogP contribution in [0.3, 0.4) is 0 Å². The van der Waals surface area contributed by atoms with Crippen molar-refractivity contribution in [3.63, 3.8) is 0 Å². The first kappa shape index (κ1) is 17.0. The molecule has 2 aromatic carbocycles. The van der Waals surface area contributed by atoms with Crippen LogP contribution >= 0.6 is 0 Å². The molecule has 0 saturated carbocycles. The van der Waals surface area contributed by atoms with Crippen LogP contribution < -0.4 is 10.6 Å². The Balaban J connectivity index is 1.66. The predicted molar refractivity (Wildman–Crippen MR) is 111 cm³/mol. The fraction of sp³-hybridized carbons (Fsp3) is 0.136. The summed E-state index contributed by atoms with van der Waals surface area (Å²) in [6, 6.07) is 20.2. The number of aromatic nitrogens is 3. The molecule has 2 N–H and O–H groups in total. The Kier molecular flexibility index (Phi) is 4.66. The lowest BCUT2D eigenvalue weighted by molar-refractivity contribution is 1.06. The largest absolute Gasteiger partial charge is 0.340 e. The van der Waals surface area contributed by atoms with E-state index < -0.39 is 0 Å². The summed E-state index contributed by atoms with van der Waals surface area (Å²) in [5.41, 5.74) is 4.16. The Bertz CT molecular complexity index is 1090. The van der Waals surface area contributed by atoms with Gasteiger partial charge in [0, 0.05) is 23.3 Å². The minimum absolute atomic E-state index is 0.699. The number of hydrogen-bond acceptors (Lipinski definition) is 5. The van der Waals surface area contributed by atoms with E-state index in [-0.39, 0.29) is 0 Å². The number of nitrogens with one attached hydrogen (secondary N) is 2. The van der Waals surface area contributed by atoms with E-state index in [1.165, 1.54) is 5.56 Å². The molecule has 0 bridgehead atoms.